The Bertz CT molecular complexity index is 1920. The predicted octanol–water partition coefficient (Wildman–Crippen LogP) is 2.59. The van der Waals surface area contributed by atoms with E-state index in [9.17, 15) is 23.2 Å². The van der Waals surface area contributed by atoms with E-state index < -0.39 is 29.4 Å². The topological polar surface area (TPSA) is 147 Å². The van der Waals surface area contributed by atoms with Crippen LogP contribution in [-0.2, 0) is 22.6 Å². The summed E-state index contributed by atoms with van der Waals surface area (Å²) in [6, 6.07) is 9.38. The number of carbonyl (C=O) groups is 1. The van der Waals surface area contributed by atoms with Gasteiger partial charge in [-0.3, -0.25) is 14.2 Å². The minimum Gasteiger partial charge on any atom is -0.480 e. The first kappa shape index (κ1) is 29.5. The highest BCUT2D eigenvalue weighted by atomic mass is 32.1. The maximum atomic E-state index is 14.8. The number of fused-ring (bicyclic) bond motifs is 1. The van der Waals surface area contributed by atoms with Crippen molar-refractivity contribution < 1.29 is 23.0 Å². The molecular weight excluding hydrogens is 584 g/mol. The highest BCUT2D eigenvalue weighted by molar-refractivity contribution is 7.22. The summed E-state index contributed by atoms with van der Waals surface area (Å²) in [7, 11) is 4.30. The molecule has 0 saturated carbocycles. The van der Waals surface area contributed by atoms with Crippen LogP contribution in [0, 0.1) is 11.6 Å². The lowest BCUT2D eigenvalue weighted by Gasteiger charge is -2.18. The van der Waals surface area contributed by atoms with Gasteiger partial charge in [0.05, 0.1) is 19.0 Å². The molecule has 0 saturated heterocycles. The summed E-state index contributed by atoms with van der Waals surface area (Å²) in [4.78, 5) is 47.0. The quantitative estimate of drug-likeness (QED) is 0.266. The van der Waals surface area contributed by atoms with Crippen molar-refractivity contribution in [1.29, 1.82) is 0 Å². The third-order valence-corrected chi connectivity index (χ3v) is 7.96. The number of benzene rings is 1. The standard InChI is InChI=1S/C28H25F2N7O5S/c1-35(23(38)14-41-2)12-17-24-26(39)37(21-9-10-22(42-3)34-33-21)28(40)36(13-16-18(29)5-4-6-19(16)30)27(24)43-25(17)15-7-8-20(31)32-11-15/h4-11H,12-14H2,1-3H3,(H2,31,32). The van der Waals surface area contributed by atoms with Crippen LogP contribution in [0.4, 0.5) is 14.6 Å². The van der Waals surface area contributed by atoms with E-state index in [1.54, 1.807) is 12.1 Å². The first-order valence-electron chi connectivity index (χ1n) is 12.7. The molecule has 1 amide bonds. The number of methoxy groups -OCH3 is 2. The van der Waals surface area contributed by atoms with E-state index in [-0.39, 0.29) is 52.4 Å². The number of nitrogen functional groups attached to an aromatic ring is 1. The molecular formula is C28H25F2N7O5S. The number of nitrogens with two attached hydrogens (primary N) is 1. The lowest BCUT2D eigenvalue weighted by atomic mass is 10.1. The molecule has 0 spiro atoms. The van der Waals surface area contributed by atoms with Gasteiger partial charge in [0.1, 0.15) is 28.9 Å². The first-order chi connectivity index (χ1) is 20.6. The Balaban J connectivity index is 1.87. The van der Waals surface area contributed by atoms with Gasteiger partial charge in [0.2, 0.25) is 11.8 Å². The van der Waals surface area contributed by atoms with Gasteiger partial charge in [-0.15, -0.1) is 21.5 Å². The number of ether oxygens (including phenoxy) is 2. The summed E-state index contributed by atoms with van der Waals surface area (Å²) >= 11 is 1.04. The van der Waals surface area contributed by atoms with Crippen LogP contribution in [0.2, 0.25) is 0 Å². The Morgan fingerprint density at radius 3 is 2.40 bits per heavy atom. The van der Waals surface area contributed by atoms with Crippen LogP contribution in [-0.4, -0.2) is 63.0 Å². The fourth-order valence-electron chi connectivity index (χ4n) is 4.48. The van der Waals surface area contributed by atoms with Gasteiger partial charge in [0.25, 0.3) is 5.56 Å². The van der Waals surface area contributed by atoms with Crippen LogP contribution in [0.3, 0.4) is 0 Å². The number of rotatable bonds is 9. The molecule has 2 N–H and O–H groups in total. The van der Waals surface area contributed by atoms with Crippen molar-refractivity contribution in [2.45, 2.75) is 13.1 Å². The minimum atomic E-state index is -0.904. The minimum absolute atomic E-state index is 0.0443. The van der Waals surface area contributed by atoms with Gasteiger partial charge in [-0.05, 0) is 30.3 Å². The molecule has 5 aromatic rings. The average Bonchev–Trinajstić information content (AvgIpc) is 3.36. The Morgan fingerprint density at radius 1 is 1.05 bits per heavy atom. The zero-order valence-electron chi connectivity index (χ0n) is 23.2. The number of thiophene rings is 1. The molecule has 4 heterocycles. The van der Waals surface area contributed by atoms with Crippen molar-refractivity contribution >= 4 is 33.3 Å². The van der Waals surface area contributed by atoms with Crippen LogP contribution < -0.4 is 21.7 Å². The highest BCUT2D eigenvalue weighted by Gasteiger charge is 2.27. The summed E-state index contributed by atoms with van der Waals surface area (Å²) in [5.74, 6) is -1.85. The number of anilines is 1. The molecule has 43 heavy (non-hydrogen) atoms. The summed E-state index contributed by atoms with van der Waals surface area (Å²) in [6.45, 7) is -0.826. The zero-order chi connectivity index (χ0) is 30.8. The number of nitrogens with zero attached hydrogens (tertiary/aromatic N) is 6. The normalized spacial score (nSPS) is 11.2. The maximum Gasteiger partial charge on any atom is 0.338 e. The van der Waals surface area contributed by atoms with Crippen LogP contribution in [0.1, 0.15) is 11.1 Å². The van der Waals surface area contributed by atoms with E-state index in [0.29, 0.717) is 16.0 Å². The largest absolute Gasteiger partial charge is 0.480 e. The average molecular weight is 610 g/mol. The SMILES string of the molecule is COCC(=O)N(C)Cc1c(-c2ccc(N)nc2)sc2c1c(=O)n(-c1ccc(OC)nn1)c(=O)n2Cc1c(F)cccc1F. The Labute approximate surface area is 246 Å². The molecule has 15 heteroatoms. The van der Waals surface area contributed by atoms with E-state index in [4.69, 9.17) is 15.2 Å². The number of pyridine rings is 1. The van der Waals surface area contributed by atoms with E-state index in [1.807, 2.05) is 0 Å². The summed E-state index contributed by atoms with van der Waals surface area (Å²) in [6.07, 6.45) is 1.49. The van der Waals surface area contributed by atoms with Gasteiger partial charge in [0, 0.05) is 54.5 Å². The highest BCUT2D eigenvalue weighted by Crippen LogP contribution is 2.38. The Kier molecular flexibility index (Phi) is 8.27. The van der Waals surface area contributed by atoms with Gasteiger partial charge >= 0.3 is 5.69 Å². The smallest absolute Gasteiger partial charge is 0.338 e. The van der Waals surface area contributed by atoms with Crippen molar-refractivity contribution in [3.8, 4) is 22.1 Å². The first-order valence-corrected chi connectivity index (χ1v) is 13.5. The number of halogens is 2. The number of carbonyl (C=O) groups excluding carboxylic acids is 1. The van der Waals surface area contributed by atoms with Crippen LogP contribution >= 0.6 is 11.3 Å². The fraction of sp³-hybridized carbons (Fsp3) is 0.214. The number of amides is 1. The molecule has 222 valence electrons. The second-order valence-electron chi connectivity index (χ2n) is 9.39. The molecule has 5 rings (SSSR count). The second-order valence-corrected chi connectivity index (χ2v) is 10.4. The molecule has 0 atom stereocenters. The van der Waals surface area contributed by atoms with E-state index in [0.717, 1.165) is 32.6 Å². The molecule has 0 aliphatic heterocycles. The lowest BCUT2D eigenvalue weighted by molar-refractivity contribution is -0.134. The molecule has 1 aromatic carbocycles. The summed E-state index contributed by atoms with van der Waals surface area (Å²) < 4.78 is 41.6. The monoisotopic (exact) mass is 609 g/mol. The Morgan fingerprint density at radius 2 is 1.79 bits per heavy atom. The molecule has 12 nitrogen and oxygen atoms in total. The zero-order valence-corrected chi connectivity index (χ0v) is 24.0. The van der Waals surface area contributed by atoms with Crippen LogP contribution in [0.5, 0.6) is 5.88 Å². The van der Waals surface area contributed by atoms with Crippen molar-refractivity contribution in [1.82, 2.24) is 29.2 Å². The van der Waals surface area contributed by atoms with E-state index in [2.05, 4.69) is 15.2 Å². The molecule has 0 radical (unpaired) electrons. The number of hydrogen-bond acceptors (Lipinski definition) is 10. The van der Waals surface area contributed by atoms with Gasteiger partial charge in [-0.2, -0.15) is 0 Å². The summed E-state index contributed by atoms with van der Waals surface area (Å²) in [5, 5.41) is 7.89. The second kappa shape index (κ2) is 12.1. The molecule has 4 aromatic heterocycles. The molecule has 0 unspecified atom stereocenters. The lowest BCUT2D eigenvalue weighted by Crippen LogP contribution is -2.40. The molecule has 0 fully saturated rings. The fourth-order valence-corrected chi connectivity index (χ4v) is 5.76. The van der Waals surface area contributed by atoms with Crippen LogP contribution in [0.25, 0.3) is 26.5 Å². The van der Waals surface area contributed by atoms with Gasteiger partial charge in [-0.1, -0.05) is 6.07 Å². The van der Waals surface area contributed by atoms with Gasteiger partial charge in [-0.25, -0.2) is 23.1 Å². The molecule has 0 bridgehead atoms. The van der Waals surface area contributed by atoms with Crippen molar-refractivity contribution in [2.75, 3.05) is 33.6 Å². The van der Waals surface area contributed by atoms with E-state index >= 15 is 0 Å². The third-order valence-electron chi connectivity index (χ3n) is 6.65. The van der Waals surface area contributed by atoms with Crippen LogP contribution in [0.15, 0.2) is 58.3 Å². The van der Waals surface area contributed by atoms with Crippen molar-refractivity contribution in [2.24, 2.45) is 0 Å². The third kappa shape index (κ3) is 5.59. The van der Waals surface area contributed by atoms with Crippen molar-refractivity contribution in [3.63, 3.8) is 0 Å². The summed E-state index contributed by atoms with van der Waals surface area (Å²) in [5.41, 5.74) is 4.67. The number of likely N-dealkylation sites (N-methyl/N-ethyl adjacent to an activating group) is 1. The number of hydrogen-bond donors (Lipinski definition) is 1. The number of aromatic nitrogens is 5. The Hall–Kier alpha value is -5.02. The predicted molar refractivity (Wildman–Crippen MR) is 155 cm³/mol. The maximum absolute atomic E-state index is 14.8. The molecule has 0 aliphatic carbocycles. The van der Waals surface area contributed by atoms with Gasteiger partial charge in [0.15, 0.2) is 5.82 Å². The van der Waals surface area contributed by atoms with Crippen molar-refractivity contribution in [3.05, 3.63) is 92.3 Å². The van der Waals surface area contributed by atoms with Gasteiger partial charge < -0.3 is 20.1 Å². The molecule has 0 aliphatic rings. The van der Waals surface area contributed by atoms with E-state index in [1.165, 1.54) is 50.6 Å².